The Morgan fingerprint density at radius 1 is 1.18 bits per heavy atom. The normalized spacial score (nSPS) is 13.2. The fraction of sp³-hybridized carbons (Fsp3) is 0.250. The predicted molar refractivity (Wildman–Crippen MR) is 134 cm³/mol. The van der Waals surface area contributed by atoms with E-state index in [2.05, 4.69) is 31.1 Å². The summed E-state index contributed by atoms with van der Waals surface area (Å²) in [6, 6.07) is 15.4. The van der Waals surface area contributed by atoms with Crippen molar-refractivity contribution >= 4 is 51.8 Å². The van der Waals surface area contributed by atoms with Crippen molar-refractivity contribution in [2.75, 3.05) is 24.7 Å². The van der Waals surface area contributed by atoms with Crippen LogP contribution >= 0.6 is 23.4 Å². The lowest BCUT2D eigenvalue weighted by Gasteiger charge is -2.17. The quantitative estimate of drug-likeness (QED) is 0.349. The number of benzene rings is 2. The molecule has 0 radical (unpaired) electrons. The molecule has 0 spiro atoms. The number of likely N-dealkylation sites (N-methyl/N-ethyl adjacent to an activating group) is 1. The van der Waals surface area contributed by atoms with Gasteiger partial charge in [0.1, 0.15) is 0 Å². The number of fused-ring (bicyclic) bond motifs is 1. The number of hydrogen-bond donors (Lipinski definition) is 2. The second-order valence-corrected chi connectivity index (χ2v) is 9.57. The average Bonchev–Trinajstić information content (AvgIpc) is 3.44. The summed E-state index contributed by atoms with van der Waals surface area (Å²) in [5.41, 5.74) is 2.57. The minimum atomic E-state index is -0.309. The predicted octanol–water partition coefficient (Wildman–Crippen LogP) is 4.60. The van der Waals surface area contributed by atoms with E-state index in [-0.39, 0.29) is 24.1 Å². The number of amides is 2. The van der Waals surface area contributed by atoms with Crippen molar-refractivity contribution in [3.63, 3.8) is 0 Å². The van der Waals surface area contributed by atoms with E-state index < -0.39 is 0 Å². The molecule has 0 atom stereocenters. The molecular formula is C24H23ClN6O2S. The SMILES string of the molecule is CN(CC(=O)Nc1ccccc1Cl)C(=O)CSc1nnc(-c2c[nH]c3ccccc23)n1C1CC1. The van der Waals surface area contributed by atoms with Gasteiger partial charge in [0.25, 0.3) is 0 Å². The highest BCUT2D eigenvalue weighted by molar-refractivity contribution is 7.99. The molecule has 1 saturated carbocycles. The molecule has 5 rings (SSSR count). The number of rotatable bonds is 8. The minimum absolute atomic E-state index is 0.0689. The molecule has 1 aliphatic carbocycles. The smallest absolute Gasteiger partial charge is 0.244 e. The summed E-state index contributed by atoms with van der Waals surface area (Å²) in [5.74, 6) is 0.492. The second kappa shape index (κ2) is 9.52. The number of hydrogen-bond acceptors (Lipinski definition) is 5. The molecule has 8 nitrogen and oxygen atoms in total. The van der Waals surface area contributed by atoms with Gasteiger partial charge in [-0.25, -0.2) is 0 Å². The minimum Gasteiger partial charge on any atom is -0.360 e. The van der Waals surface area contributed by atoms with Crippen LogP contribution in [0.15, 0.2) is 59.9 Å². The average molecular weight is 495 g/mol. The first-order valence-electron chi connectivity index (χ1n) is 10.9. The topological polar surface area (TPSA) is 95.9 Å². The number of carbonyl (C=O) groups excluding carboxylic acids is 2. The van der Waals surface area contributed by atoms with Crippen molar-refractivity contribution in [1.29, 1.82) is 0 Å². The lowest BCUT2D eigenvalue weighted by atomic mass is 10.1. The summed E-state index contributed by atoms with van der Waals surface area (Å²) < 4.78 is 2.14. The van der Waals surface area contributed by atoms with Crippen molar-refractivity contribution in [3.8, 4) is 11.4 Å². The van der Waals surface area contributed by atoms with Gasteiger partial charge in [-0.15, -0.1) is 10.2 Å². The number of nitrogens with one attached hydrogen (secondary N) is 2. The van der Waals surface area contributed by atoms with Gasteiger partial charge in [-0.1, -0.05) is 53.7 Å². The Balaban J connectivity index is 1.25. The van der Waals surface area contributed by atoms with Crippen LogP contribution in [-0.2, 0) is 9.59 Å². The van der Waals surface area contributed by atoms with Crippen LogP contribution in [0, 0.1) is 0 Å². The largest absolute Gasteiger partial charge is 0.360 e. The van der Waals surface area contributed by atoms with E-state index in [0.29, 0.717) is 21.9 Å². The molecule has 0 unspecified atom stereocenters. The molecule has 1 fully saturated rings. The van der Waals surface area contributed by atoms with E-state index >= 15 is 0 Å². The van der Waals surface area contributed by atoms with E-state index in [9.17, 15) is 9.59 Å². The highest BCUT2D eigenvalue weighted by Crippen LogP contribution is 2.42. The molecule has 2 aromatic carbocycles. The Bertz CT molecular complexity index is 1360. The highest BCUT2D eigenvalue weighted by atomic mass is 35.5. The van der Waals surface area contributed by atoms with Crippen LogP contribution in [0.4, 0.5) is 5.69 Å². The number of H-pyrrole nitrogens is 1. The van der Waals surface area contributed by atoms with E-state index in [1.807, 2.05) is 24.4 Å². The van der Waals surface area contributed by atoms with Crippen LogP contribution in [0.5, 0.6) is 0 Å². The summed E-state index contributed by atoms with van der Waals surface area (Å²) in [5, 5.41) is 13.9. The van der Waals surface area contributed by atoms with Crippen LogP contribution < -0.4 is 5.32 Å². The lowest BCUT2D eigenvalue weighted by molar-refractivity contribution is -0.131. The number of anilines is 1. The van der Waals surface area contributed by atoms with Gasteiger partial charge in [0.2, 0.25) is 11.8 Å². The molecule has 174 valence electrons. The van der Waals surface area contributed by atoms with Crippen molar-refractivity contribution < 1.29 is 9.59 Å². The van der Waals surface area contributed by atoms with Crippen LogP contribution in [0.3, 0.4) is 0 Å². The summed E-state index contributed by atoms with van der Waals surface area (Å²) in [7, 11) is 1.61. The van der Waals surface area contributed by atoms with Gasteiger partial charge in [0.15, 0.2) is 11.0 Å². The Labute approximate surface area is 205 Å². The number of para-hydroxylation sites is 2. The van der Waals surface area contributed by atoms with Crippen molar-refractivity contribution in [1.82, 2.24) is 24.6 Å². The van der Waals surface area contributed by atoms with Crippen molar-refractivity contribution in [2.45, 2.75) is 24.0 Å². The first-order valence-corrected chi connectivity index (χ1v) is 12.3. The number of nitrogens with zero attached hydrogens (tertiary/aromatic N) is 4. The molecule has 2 heterocycles. The molecule has 10 heteroatoms. The van der Waals surface area contributed by atoms with Gasteiger partial charge in [-0.2, -0.15) is 0 Å². The third kappa shape index (κ3) is 4.67. The number of thioether (sulfide) groups is 1. The van der Waals surface area contributed by atoms with E-state index in [1.54, 1.807) is 31.3 Å². The molecule has 2 aromatic heterocycles. The molecule has 34 heavy (non-hydrogen) atoms. The molecule has 2 N–H and O–H groups in total. The van der Waals surface area contributed by atoms with Crippen LogP contribution in [0.25, 0.3) is 22.3 Å². The lowest BCUT2D eigenvalue weighted by Crippen LogP contribution is -2.36. The van der Waals surface area contributed by atoms with Crippen molar-refractivity contribution in [3.05, 3.63) is 59.8 Å². The van der Waals surface area contributed by atoms with E-state index in [1.165, 1.54) is 16.7 Å². The van der Waals surface area contributed by atoms with Gasteiger partial charge >= 0.3 is 0 Å². The maximum absolute atomic E-state index is 12.7. The van der Waals surface area contributed by atoms with Gasteiger partial charge < -0.3 is 15.2 Å². The van der Waals surface area contributed by atoms with Crippen molar-refractivity contribution in [2.24, 2.45) is 0 Å². The zero-order valence-electron chi connectivity index (χ0n) is 18.5. The standard InChI is InChI=1S/C24H23ClN6O2S/c1-30(13-21(32)27-20-9-5-3-7-18(20)25)22(33)14-34-24-29-28-23(31(24)15-10-11-15)17-12-26-19-8-4-2-6-16(17)19/h2-9,12,15,26H,10-11,13-14H2,1H3,(H,27,32). The van der Waals surface area contributed by atoms with E-state index in [4.69, 9.17) is 11.6 Å². The van der Waals surface area contributed by atoms with Crippen LogP contribution in [0.1, 0.15) is 18.9 Å². The van der Waals surface area contributed by atoms with E-state index in [0.717, 1.165) is 35.1 Å². The zero-order chi connectivity index (χ0) is 23.7. The monoisotopic (exact) mass is 494 g/mol. The van der Waals surface area contributed by atoms with Crippen LogP contribution in [-0.4, -0.2) is 55.8 Å². The molecule has 0 aliphatic heterocycles. The molecule has 0 saturated heterocycles. The fourth-order valence-electron chi connectivity index (χ4n) is 3.77. The molecule has 4 aromatic rings. The third-order valence-corrected chi connectivity index (χ3v) is 6.94. The molecule has 1 aliphatic rings. The van der Waals surface area contributed by atoms with Gasteiger partial charge in [-0.05, 0) is 31.0 Å². The van der Waals surface area contributed by atoms with Gasteiger partial charge in [-0.3, -0.25) is 14.2 Å². The van der Waals surface area contributed by atoms with Gasteiger partial charge in [0, 0.05) is 35.8 Å². The van der Waals surface area contributed by atoms with Crippen LogP contribution in [0.2, 0.25) is 5.02 Å². The summed E-state index contributed by atoms with van der Waals surface area (Å²) in [6.07, 6.45) is 4.09. The Hall–Kier alpha value is -3.30. The Kier molecular flexibility index (Phi) is 6.30. The molecular weight excluding hydrogens is 472 g/mol. The first-order chi connectivity index (χ1) is 16.5. The Morgan fingerprint density at radius 3 is 2.74 bits per heavy atom. The fourth-order valence-corrected chi connectivity index (χ4v) is 4.90. The Morgan fingerprint density at radius 2 is 1.94 bits per heavy atom. The number of halogens is 1. The maximum atomic E-state index is 12.7. The number of aromatic nitrogens is 4. The summed E-state index contributed by atoms with van der Waals surface area (Å²) >= 11 is 7.43. The number of carbonyl (C=O) groups is 2. The summed E-state index contributed by atoms with van der Waals surface area (Å²) in [6.45, 7) is -0.0689. The second-order valence-electron chi connectivity index (χ2n) is 8.22. The first kappa shape index (κ1) is 22.5. The zero-order valence-corrected chi connectivity index (χ0v) is 20.1. The molecule has 2 amide bonds. The number of aromatic amines is 1. The highest BCUT2D eigenvalue weighted by Gasteiger charge is 2.31. The summed E-state index contributed by atoms with van der Waals surface area (Å²) in [4.78, 5) is 29.8. The molecule has 0 bridgehead atoms. The van der Waals surface area contributed by atoms with Gasteiger partial charge in [0.05, 0.1) is 23.0 Å². The maximum Gasteiger partial charge on any atom is 0.244 e. The third-order valence-electron chi connectivity index (χ3n) is 5.69.